The summed E-state index contributed by atoms with van der Waals surface area (Å²) in [6.45, 7) is 10.4. The lowest BCUT2D eigenvalue weighted by Gasteiger charge is -2.34. The van der Waals surface area contributed by atoms with Gasteiger partial charge in [0.2, 0.25) is 10.0 Å². The second-order valence-corrected chi connectivity index (χ2v) is 10.1. The highest BCUT2D eigenvalue weighted by molar-refractivity contribution is 7.89. The fourth-order valence-corrected chi connectivity index (χ4v) is 5.43. The molecule has 0 aliphatic carbocycles. The number of nitrogens with zero attached hydrogens (tertiary/aromatic N) is 1. The molecule has 1 aliphatic heterocycles. The van der Waals surface area contributed by atoms with Crippen LogP contribution in [0.4, 0.5) is 0 Å². The van der Waals surface area contributed by atoms with Gasteiger partial charge in [0.05, 0.1) is 23.1 Å². The first kappa shape index (κ1) is 22.5. The monoisotopic (exact) mass is 430 g/mol. The van der Waals surface area contributed by atoms with E-state index >= 15 is 0 Å². The lowest BCUT2D eigenvalue weighted by Crippen LogP contribution is -2.48. The Bertz CT molecular complexity index is 1010. The number of hydrogen-bond donors (Lipinski definition) is 1. The highest BCUT2D eigenvalue weighted by Gasteiger charge is 2.32. The van der Waals surface area contributed by atoms with Crippen molar-refractivity contribution >= 4 is 15.9 Å². The number of rotatable bonds is 5. The number of benzene rings is 2. The lowest BCUT2D eigenvalue weighted by molar-refractivity contribution is -0.0440. The molecule has 1 N–H and O–H groups in total. The molecule has 1 saturated heterocycles. The van der Waals surface area contributed by atoms with E-state index in [1.165, 1.54) is 16.4 Å². The standard InChI is InChI=1S/C23H30N2O4S/c1-15-6-7-16(2)22(12-15)19(5)24-23(26)20-8-10-21(11-9-20)30(27,28)25-13-17(3)29-18(4)14-25/h6-12,17-19H,13-14H2,1-5H3,(H,24,26). The van der Waals surface area contributed by atoms with Gasteiger partial charge in [-0.25, -0.2) is 8.42 Å². The second kappa shape index (κ2) is 8.88. The minimum absolute atomic E-state index is 0.153. The summed E-state index contributed by atoms with van der Waals surface area (Å²) in [6.07, 6.45) is -0.305. The molecule has 3 rings (SSSR count). The molecule has 3 unspecified atom stereocenters. The van der Waals surface area contributed by atoms with Gasteiger partial charge >= 0.3 is 0 Å². The molecule has 0 saturated carbocycles. The SMILES string of the molecule is Cc1ccc(C)c(C(C)NC(=O)c2ccc(S(=O)(=O)N3CC(C)OC(C)C3)cc2)c1. The zero-order chi connectivity index (χ0) is 22.1. The summed E-state index contributed by atoms with van der Waals surface area (Å²) in [5.41, 5.74) is 3.75. The van der Waals surface area contributed by atoms with Crippen molar-refractivity contribution in [3.8, 4) is 0 Å². The predicted octanol–water partition coefficient (Wildman–Crippen LogP) is 3.59. The van der Waals surface area contributed by atoms with Crippen LogP contribution >= 0.6 is 0 Å². The summed E-state index contributed by atoms with van der Waals surface area (Å²) < 4.78 is 33.0. The Hall–Kier alpha value is -2.22. The Labute approximate surface area is 179 Å². The maximum Gasteiger partial charge on any atom is 0.251 e. The van der Waals surface area contributed by atoms with Crippen molar-refractivity contribution < 1.29 is 17.9 Å². The Morgan fingerprint density at radius 3 is 2.27 bits per heavy atom. The molecule has 1 amide bonds. The van der Waals surface area contributed by atoms with Crippen LogP contribution in [0.2, 0.25) is 0 Å². The van der Waals surface area contributed by atoms with E-state index in [1.807, 2.05) is 46.8 Å². The molecule has 2 aromatic rings. The van der Waals surface area contributed by atoms with Gasteiger partial charge in [-0.1, -0.05) is 23.8 Å². The number of sulfonamides is 1. The predicted molar refractivity (Wildman–Crippen MR) is 117 cm³/mol. The van der Waals surface area contributed by atoms with Crippen LogP contribution < -0.4 is 5.32 Å². The van der Waals surface area contributed by atoms with Crippen molar-refractivity contribution in [2.75, 3.05) is 13.1 Å². The van der Waals surface area contributed by atoms with Gasteiger partial charge in [-0.15, -0.1) is 0 Å². The smallest absolute Gasteiger partial charge is 0.251 e. The summed E-state index contributed by atoms with van der Waals surface area (Å²) in [5, 5.41) is 3.00. The second-order valence-electron chi connectivity index (χ2n) is 8.16. The van der Waals surface area contributed by atoms with E-state index in [9.17, 15) is 13.2 Å². The van der Waals surface area contributed by atoms with Gasteiger partial charge in [0, 0.05) is 18.7 Å². The molecule has 7 heteroatoms. The fourth-order valence-electron chi connectivity index (χ4n) is 3.84. The number of ether oxygens (including phenoxy) is 1. The summed E-state index contributed by atoms with van der Waals surface area (Å²) in [7, 11) is -3.63. The van der Waals surface area contributed by atoms with Gasteiger partial charge in [-0.2, -0.15) is 4.31 Å². The molecule has 0 radical (unpaired) electrons. The Morgan fingerprint density at radius 1 is 1.07 bits per heavy atom. The average molecular weight is 431 g/mol. The third kappa shape index (κ3) is 4.91. The molecule has 1 fully saturated rings. The van der Waals surface area contributed by atoms with Gasteiger partial charge in [-0.3, -0.25) is 4.79 Å². The maximum absolute atomic E-state index is 13.0. The van der Waals surface area contributed by atoms with Crippen molar-refractivity contribution in [1.82, 2.24) is 9.62 Å². The summed E-state index contributed by atoms with van der Waals surface area (Å²) >= 11 is 0. The first-order valence-corrected chi connectivity index (χ1v) is 11.7. The third-order valence-corrected chi connectivity index (χ3v) is 7.24. The number of morpholine rings is 1. The van der Waals surface area contributed by atoms with Crippen LogP contribution in [-0.4, -0.2) is 43.9 Å². The zero-order valence-electron chi connectivity index (χ0n) is 18.2. The van der Waals surface area contributed by atoms with Crippen LogP contribution in [0.15, 0.2) is 47.4 Å². The first-order chi connectivity index (χ1) is 14.1. The number of nitrogens with one attached hydrogen (secondary N) is 1. The van der Waals surface area contributed by atoms with Crippen molar-refractivity contribution in [3.63, 3.8) is 0 Å². The zero-order valence-corrected chi connectivity index (χ0v) is 19.0. The number of amides is 1. The van der Waals surface area contributed by atoms with E-state index in [0.717, 1.165) is 16.7 Å². The highest BCUT2D eigenvalue weighted by Crippen LogP contribution is 2.22. The Balaban J connectivity index is 1.73. The molecule has 0 spiro atoms. The van der Waals surface area contributed by atoms with Gasteiger partial charge in [0.25, 0.3) is 5.91 Å². The molecule has 1 heterocycles. The molecular formula is C23H30N2O4S. The van der Waals surface area contributed by atoms with E-state index < -0.39 is 10.0 Å². The maximum atomic E-state index is 13.0. The van der Waals surface area contributed by atoms with Crippen LogP contribution in [0.1, 0.15) is 53.9 Å². The largest absolute Gasteiger partial charge is 0.373 e. The first-order valence-electron chi connectivity index (χ1n) is 10.2. The number of aryl methyl sites for hydroxylation is 2. The van der Waals surface area contributed by atoms with Crippen molar-refractivity contribution in [2.24, 2.45) is 0 Å². The molecule has 6 nitrogen and oxygen atoms in total. The number of carbonyl (C=O) groups is 1. The summed E-state index contributed by atoms with van der Waals surface area (Å²) in [4.78, 5) is 12.9. The van der Waals surface area contributed by atoms with E-state index in [4.69, 9.17) is 4.74 Å². The highest BCUT2D eigenvalue weighted by atomic mass is 32.2. The van der Waals surface area contributed by atoms with Crippen LogP contribution in [0.3, 0.4) is 0 Å². The minimum Gasteiger partial charge on any atom is -0.373 e. The molecular weight excluding hydrogens is 400 g/mol. The molecule has 0 aromatic heterocycles. The van der Waals surface area contributed by atoms with Crippen LogP contribution in [0.25, 0.3) is 0 Å². The molecule has 30 heavy (non-hydrogen) atoms. The molecule has 0 bridgehead atoms. The molecule has 1 aliphatic rings. The Kier molecular flexibility index (Phi) is 6.65. The van der Waals surface area contributed by atoms with Gasteiger partial charge in [0.1, 0.15) is 0 Å². The normalized spacial score (nSPS) is 21.2. The van der Waals surface area contributed by atoms with Crippen molar-refractivity contribution in [3.05, 3.63) is 64.7 Å². The average Bonchev–Trinajstić information content (AvgIpc) is 2.69. The van der Waals surface area contributed by atoms with Gasteiger partial charge in [0.15, 0.2) is 0 Å². The van der Waals surface area contributed by atoms with Crippen molar-refractivity contribution in [2.45, 2.75) is 57.8 Å². The molecule has 2 aromatic carbocycles. The summed E-state index contributed by atoms with van der Waals surface area (Å²) in [5.74, 6) is -0.235. The van der Waals surface area contributed by atoms with E-state index in [0.29, 0.717) is 18.7 Å². The lowest BCUT2D eigenvalue weighted by atomic mass is 10.00. The molecule has 162 valence electrons. The van der Waals surface area contributed by atoms with E-state index in [2.05, 4.69) is 11.4 Å². The van der Waals surface area contributed by atoms with Crippen LogP contribution in [0.5, 0.6) is 0 Å². The van der Waals surface area contributed by atoms with Crippen LogP contribution in [-0.2, 0) is 14.8 Å². The van der Waals surface area contributed by atoms with Gasteiger partial charge < -0.3 is 10.1 Å². The Morgan fingerprint density at radius 2 is 1.67 bits per heavy atom. The van der Waals surface area contributed by atoms with Crippen LogP contribution in [0, 0.1) is 13.8 Å². The number of carbonyl (C=O) groups excluding carboxylic acids is 1. The van der Waals surface area contributed by atoms with Crippen molar-refractivity contribution in [1.29, 1.82) is 0 Å². The fraction of sp³-hybridized carbons (Fsp3) is 0.435. The van der Waals surface area contributed by atoms with E-state index in [-0.39, 0.29) is 29.1 Å². The van der Waals surface area contributed by atoms with E-state index in [1.54, 1.807) is 12.1 Å². The summed E-state index contributed by atoms with van der Waals surface area (Å²) in [6, 6.07) is 12.1. The molecule has 3 atom stereocenters. The topological polar surface area (TPSA) is 75.7 Å². The third-order valence-electron chi connectivity index (χ3n) is 5.39. The van der Waals surface area contributed by atoms with Gasteiger partial charge in [-0.05, 0) is 70.0 Å². The number of hydrogen-bond acceptors (Lipinski definition) is 4. The quantitative estimate of drug-likeness (QED) is 0.787. The minimum atomic E-state index is -3.63.